The van der Waals surface area contributed by atoms with E-state index in [1.807, 2.05) is 12.1 Å². The van der Waals surface area contributed by atoms with Crippen LogP contribution in [0.1, 0.15) is 29.9 Å². The number of nitrogens with one attached hydrogen (secondary N) is 1. The van der Waals surface area contributed by atoms with Crippen molar-refractivity contribution < 1.29 is 28.7 Å². The molecule has 4 aliphatic rings. The SMILES string of the molecule is O=C1NC(=O)C2C1CC=C1C2CC2C(=O)N(c3cccc(Cl)c3)C(=O)C2(c2ccccc2)C1c1ccc(O)c(F)c1. The van der Waals surface area contributed by atoms with Gasteiger partial charge in [-0.1, -0.05) is 65.7 Å². The van der Waals surface area contributed by atoms with Crippen molar-refractivity contribution in [1.82, 2.24) is 5.32 Å². The molecule has 9 heteroatoms. The van der Waals surface area contributed by atoms with Crippen molar-refractivity contribution in [1.29, 1.82) is 0 Å². The van der Waals surface area contributed by atoms with Gasteiger partial charge in [-0.05, 0) is 60.2 Å². The van der Waals surface area contributed by atoms with Gasteiger partial charge in [0.2, 0.25) is 23.6 Å². The highest BCUT2D eigenvalue weighted by Crippen LogP contribution is 2.64. The second kappa shape index (κ2) is 9.11. The van der Waals surface area contributed by atoms with E-state index in [2.05, 4.69) is 5.32 Å². The highest BCUT2D eigenvalue weighted by Gasteiger charge is 2.69. The van der Waals surface area contributed by atoms with Crippen LogP contribution in [-0.4, -0.2) is 28.7 Å². The molecule has 0 bridgehead atoms. The fraction of sp³-hybridized carbons (Fsp3) is 0.250. The van der Waals surface area contributed by atoms with E-state index in [-0.39, 0.29) is 18.7 Å². The number of anilines is 1. The Morgan fingerprint density at radius 2 is 1.71 bits per heavy atom. The Bertz CT molecular complexity index is 1690. The van der Waals surface area contributed by atoms with Crippen molar-refractivity contribution in [2.45, 2.75) is 24.2 Å². The molecule has 206 valence electrons. The van der Waals surface area contributed by atoms with Gasteiger partial charge >= 0.3 is 0 Å². The number of hydrogen-bond donors (Lipinski definition) is 2. The average Bonchev–Trinajstić information content (AvgIpc) is 3.38. The van der Waals surface area contributed by atoms with Gasteiger partial charge < -0.3 is 5.11 Å². The highest BCUT2D eigenvalue weighted by molar-refractivity contribution is 6.32. The number of phenols is 1. The van der Waals surface area contributed by atoms with Crippen molar-refractivity contribution >= 4 is 40.9 Å². The van der Waals surface area contributed by atoms with Gasteiger partial charge in [-0.2, -0.15) is 0 Å². The maximum Gasteiger partial charge on any atom is 0.246 e. The number of amides is 4. The third-order valence-electron chi connectivity index (χ3n) is 9.31. The maximum atomic E-state index is 15.0. The lowest BCUT2D eigenvalue weighted by molar-refractivity contribution is -0.128. The van der Waals surface area contributed by atoms with Crippen LogP contribution in [0.15, 0.2) is 84.4 Å². The Hall–Kier alpha value is -4.30. The minimum Gasteiger partial charge on any atom is -0.505 e. The summed E-state index contributed by atoms with van der Waals surface area (Å²) in [6.07, 6.45) is 2.32. The Kier molecular flexibility index (Phi) is 5.70. The number of phenolic OH excluding ortho intramolecular Hbond substituents is 1. The van der Waals surface area contributed by atoms with Crippen molar-refractivity contribution in [3.05, 3.63) is 106 Å². The number of nitrogens with zero attached hydrogens (tertiary/aromatic N) is 1. The van der Waals surface area contributed by atoms with Gasteiger partial charge in [0, 0.05) is 10.9 Å². The average molecular weight is 571 g/mol. The lowest BCUT2D eigenvalue weighted by Crippen LogP contribution is -2.53. The Morgan fingerprint density at radius 3 is 2.44 bits per heavy atom. The first-order chi connectivity index (χ1) is 19.7. The topological polar surface area (TPSA) is 104 Å². The number of halogens is 2. The predicted octanol–water partition coefficient (Wildman–Crippen LogP) is 4.63. The summed E-state index contributed by atoms with van der Waals surface area (Å²) in [5.41, 5.74) is 0.521. The van der Waals surface area contributed by atoms with E-state index in [4.69, 9.17) is 11.6 Å². The molecule has 4 amide bonds. The smallest absolute Gasteiger partial charge is 0.246 e. The number of allylic oxidation sites excluding steroid dienone is 2. The molecule has 6 atom stereocenters. The first kappa shape index (κ1) is 25.7. The molecule has 41 heavy (non-hydrogen) atoms. The van der Waals surface area contributed by atoms with Crippen molar-refractivity contribution in [3.8, 4) is 5.75 Å². The number of fused-ring (bicyclic) bond motifs is 4. The third kappa shape index (κ3) is 3.50. The molecule has 2 saturated heterocycles. The molecule has 0 radical (unpaired) electrons. The minimum atomic E-state index is -1.49. The number of benzene rings is 3. The van der Waals surface area contributed by atoms with Crippen LogP contribution in [0, 0.1) is 29.5 Å². The van der Waals surface area contributed by atoms with E-state index in [9.17, 15) is 28.7 Å². The monoisotopic (exact) mass is 570 g/mol. The van der Waals surface area contributed by atoms with Crippen LogP contribution in [0.5, 0.6) is 5.75 Å². The molecule has 0 aromatic heterocycles. The van der Waals surface area contributed by atoms with Crippen LogP contribution >= 0.6 is 11.6 Å². The van der Waals surface area contributed by atoms with Gasteiger partial charge in [0.15, 0.2) is 11.6 Å². The number of rotatable bonds is 3. The molecule has 6 unspecified atom stereocenters. The summed E-state index contributed by atoms with van der Waals surface area (Å²) in [6, 6.07) is 19.4. The molecule has 7 rings (SSSR count). The third-order valence-corrected chi connectivity index (χ3v) is 9.55. The summed E-state index contributed by atoms with van der Waals surface area (Å²) in [5, 5.41) is 12.8. The summed E-state index contributed by atoms with van der Waals surface area (Å²) in [5.74, 6) is -6.67. The number of hydrogen-bond acceptors (Lipinski definition) is 5. The number of carbonyl (C=O) groups excluding carboxylic acids is 4. The molecule has 3 aromatic carbocycles. The molecular formula is C32H24ClFN2O5. The molecule has 7 nitrogen and oxygen atoms in total. The van der Waals surface area contributed by atoms with Gasteiger partial charge in [-0.25, -0.2) is 9.29 Å². The molecule has 2 heterocycles. The standard InChI is InChI=1S/C32H24ClFN2O5/c33-18-7-4-8-19(14-18)36-30(40)23-15-22-20(10-11-21-26(22)29(39)35-28(21)38)27(16-9-12-25(37)24(34)13-16)32(23,31(36)41)17-5-2-1-3-6-17/h1-10,12-14,21-23,26-27,37H,11,15H2,(H,35,38,39). The Labute approximate surface area is 239 Å². The number of imide groups is 2. The van der Waals surface area contributed by atoms with Crippen LogP contribution in [0.25, 0.3) is 0 Å². The molecule has 2 aliphatic carbocycles. The Balaban J connectivity index is 1.53. The highest BCUT2D eigenvalue weighted by atomic mass is 35.5. The van der Waals surface area contributed by atoms with Gasteiger partial charge in [0.25, 0.3) is 0 Å². The van der Waals surface area contributed by atoms with E-state index in [1.54, 1.807) is 54.6 Å². The van der Waals surface area contributed by atoms with Crippen LogP contribution in [0.4, 0.5) is 10.1 Å². The molecule has 2 aliphatic heterocycles. The van der Waals surface area contributed by atoms with Crippen molar-refractivity contribution in [2.24, 2.45) is 23.7 Å². The first-order valence-corrected chi connectivity index (χ1v) is 13.8. The van der Waals surface area contributed by atoms with Crippen LogP contribution in [0.2, 0.25) is 5.02 Å². The lowest BCUT2D eigenvalue weighted by Gasteiger charge is -2.50. The summed E-state index contributed by atoms with van der Waals surface area (Å²) in [6.45, 7) is 0. The molecule has 2 N–H and O–H groups in total. The van der Waals surface area contributed by atoms with E-state index < -0.39 is 64.3 Å². The summed E-state index contributed by atoms with van der Waals surface area (Å²) in [7, 11) is 0. The van der Waals surface area contributed by atoms with Crippen LogP contribution < -0.4 is 10.2 Å². The molecule has 3 fully saturated rings. The van der Waals surface area contributed by atoms with E-state index >= 15 is 0 Å². The zero-order valence-corrected chi connectivity index (χ0v) is 22.3. The second-order valence-electron chi connectivity index (χ2n) is 11.2. The number of aromatic hydroxyl groups is 1. The zero-order valence-electron chi connectivity index (χ0n) is 21.6. The van der Waals surface area contributed by atoms with Gasteiger partial charge in [0.1, 0.15) is 0 Å². The fourth-order valence-corrected chi connectivity index (χ4v) is 7.92. The fourth-order valence-electron chi connectivity index (χ4n) is 7.73. The lowest BCUT2D eigenvalue weighted by atomic mass is 9.49. The van der Waals surface area contributed by atoms with E-state index in [0.717, 1.165) is 10.5 Å². The molecule has 0 spiro atoms. The summed E-state index contributed by atoms with van der Waals surface area (Å²) >= 11 is 6.27. The van der Waals surface area contributed by atoms with Gasteiger partial charge in [0.05, 0.1) is 28.9 Å². The molecule has 1 saturated carbocycles. The zero-order chi connectivity index (χ0) is 28.6. The quantitative estimate of drug-likeness (QED) is 0.353. The maximum absolute atomic E-state index is 15.0. The molecular weight excluding hydrogens is 547 g/mol. The Morgan fingerprint density at radius 1 is 0.927 bits per heavy atom. The summed E-state index contributed by atoms with van der Waals surface area (Å²) < 4.78 is 15.0. The van der Waals surface area contributed by atoms with Gasteiger partial charge in [-0.3, -0.25) is 24.5 Å². The second-order valence-corrected chi connectivity index (χ2v) is 11.6. The first-order valence-electron chi connectivity index (χ1n) is 13.5. The van der Waals surface area contributed by atoms with Crippen LogP contribution in [0.3, 0.4) is 0 Å². The number of carbonyl (C=O) groups is 4. The molecule has 3 aromatic rings. The van der Waals surface area contributed by atoms with Crippen molar-refractivity contribution in [3.63, 3.8) is 0 Å². The van der Waals surface area contributed by atoms with Crippen molar-refractivity contribution in [2.75, 3.05) is 4.90 Å². The summed E-state index contributed by atoms with van der Waals surface area (Å²) in [4.78, 5) is 56.2. The van der Waals surface area contributed by atoms with Crippen LogP contribution in [-0.2, 0) is 24.6 Å². The van der Waals surface area contributed by atoms with Gasteiger partial charge in [-0.15, -0.1) is 0 Å². The largest absolute Gasteiger partial charge is 0.505 e. The van der Waals surface area contributed by atoms with E-state index in [0.29, 0.717) is 21.8 Å². The van der Waals surface area contributed by atoms with E-state index in [1.165, 1.54) is 12.1 Å². The normalized spacial score (nSPS) is 30.4. The predicted molar refractivity (Wildman–Crippen MR) is 147 cm³/mol. The minimum absolute atomic E-state index is 0.154.